The lowest BCUT2D eigenvalue weighted by Crippen LogP contribution is -2.44. The summed E-state index contributed by atoms with van der Waals surface area (Å²) in [5.74, 6) is -3.87. The maximum atomic E-state index is 11.8. The van der Waals surface area contributed by atoms with Crippen molar-refractivity contribution in [3.05, 3.63) is 0 Å². The third-order valence-corrected chi connectivity index (χ3v) is 1.39. The number of ketones is 1. The molecule has 0 spiro atoms. The molecule has 6 nitrogen and oxygen atoms in total. The summed E-state index contributed by atoms with van der Waals surface area (Å²) in [6, 6.07) is -1.61. The SMILES string of the molecule is N[C@@H](CC(F)F)C(=O)C(=O)NCC(=O)O. The van der Waals surface area contributed by atoms with E-state index in [1.165, 1.54) is 0 Å². The molecule has 0 radical (unpaired) electrons. The number of Topliss-reactive ketones (excluding diaryl/α,β-unsaturated/α-hetero) is 1. The quantitative estimate of drug-likeness (QED) is 0.488. The van der Waals surface area contributed by atoms with Gasteiger partial charge in [0.1, 0.15) is 6.54 Å². The van der Waals surface area contributed by atoms with Crippen molar-refractivity contribution in [2.45, 2.75) is 18.9 Å². The Bertz CT molecular complexity index is 270. The maximum absolute atomic E-state index is 11.8. The number of rotatable bonds is 6. The Kier molecular flexibility index (Phi) is 5.39. The number of amides is 1. The van der Waals surface area contributed by atoms with E-state index < -0.39 is 43.1 Å². The van der Waals surface area contributed by atoms with Gasteiger partial charge in [0.25, 0.3) is 5.91 Å². The van der Waals surface area contributed by atoms with Gasteiger partial charge in [-0.25, -0.2) is 8.78 Å². The maximum Gasteiger partial charge on any atom is 0.322 e. The van der Waals surface area contributed by atoms with Gasteiger partial charge in [0.2, 0.25) is 12.2 Å². The second kappa shape index (κ2) is 6.02. The number of carboxylic acids is 1. The van der Waals surface area contributed by atoms with Gasteiger partial charge in [-0.3, -0.25) is 14.4 Å². The van der Waals surface area contributed by atoms with E-state index in [0.29, 0.717) is 0 Å². The van der Waals surface area contributed by atoms with Gasteiger partial charge in [-0.2, -0.15) is 0 Å². The first-order valence-corrected chi connectivity index (χ1v) is 3.92. The summed E-state index contributed by atoms with van der Waals surface area (Å²) in [5.41, 5.74) is 4.99. The Morgan fingerprint density at radius 3 is 2.27 bits per heavy atom. The van der Waals surface area contributed by atoms with Crippen LogP contribution in [0.15, 0.2) is 0 Å². The normalized spacial score (nSPS) is 12.3. The van der Waals surface area contributed by atoms with Gasteiger partial charge in [-0.1, -0.05) is 0 Å². The van der Waals surface area contributed by atoms with Gasteiger partial charge in [-0.05, 0) is 0 Å². The Hall–Kier alpha value is -1.57. The molecule has 15 heavy (non-hydrogen) atoms. The molecule has 4 N–H and O–H groups in total. The van der Waals surface area contributed by atoms with Crippen molar-refractivity contribution >= 4 is 17.7 Å². The summed E-state index contributed by atoms with van der Waals surface area (Å²) >= 11 is 0. The van der Waals surface area contributed by atoms with Crippen molar-refractivity contribution in [2.24, 2.45) is 5.73 Å². The van der Waals surface area contributed by atoms with Crippen molar-refractivity contribution in [3.8, 4) is 0 Å². The molecule has 0 aromatic heterocycles. The first kappa shape index (κ1) is 13.4. The molecular formula is C7H10F2N2O4. The topological polar surface area (TPSA) is 109 Å². The van der Waals surface area contributed by atoms with Gasteiger partial charge in [0.05, 0.1) is 6.04 Å². The lowest BCUT2D eigenvalue weighted by molar-refractivity contribution is -0.142. The second-order valence-corrected chi connectivity index (χ2v) is 2.67. The van der Waals surface area contributed by atoms with E-state index in [1.807, 2.05) is 0 Å². The molecule has 1 amide bonds. The second-order valence-electron chi connectivity index (χ2n) is 2.67. The molecule has 0 aliphatic heterocycles. The highest BCUT2D eigenvalue weighted by Gasteiger charge is 2.24. The predicted octanol–water partition coefficient (Wildman–Crippen LogP) is -1.26. The van der Waals surface area contributed by atoms with Gasteiger partial charge < -0.3 is 16.2 Å². The highest BCUT2D eigenvalue weighted by atomic mass is 19.3. The Morgan fingerprint density at radius 2 is 1.87 bits per heavy atom. The largest absolute Gasteiger partial charge is 0.480 e. The third-order valence-electron chi connectivity index (χ3n) is 1.39. The molecule has 0 rings (SSSR count). The fourth-order valence-electron chi connectivity index (χ4n) is 0.710. The van der Waals surface area contributed by atoms with Crippen LogP contribution in [0.25, 0.3) is 0 Å². The minimum Gasteiger partial charge on any atom is -0.480 e. The summed E-state index contributed by atoms with van der Waals surface area (Å²) in [6.45, 7) is -0.758. The molecule has 0 aliphatic rings. The van der Waals surface area contributed by atoms with Crippen LogP contribution in [0, 0.1) is 0 Å². The van der Waals surface area contributed by atoms with E-state index in [1.54, 1.807) is 5.32 Å². The lowest BCUT2D eigenvalue weighted by atomic mass is 10.1. The number of nitrogens with one attached hydrogen (secondary N) is 1. The summed E-state index contributed by atoms with van der Waals surface area (Å²) in [7, 11) is 0. The molecule has 0 aromatic carbocycles. The third kappa shape index (κ3) is 5.68. The number of nitrogens with two attached hydrogens (primary N) is 1. The van der Waals surface area contributed by atoms with Gasteiger partial charge >= 0.3 is 5.97 Å². The van der Waals surface area contributed by atoms with Crippen molar-refractivity contribution < 1.29 is 28.3 Å². The Morgan fingerprint density at radius 1 is 1.33 bits per heavy atom. The van der Waals surface area contributed by atoms with Gasteiger partial charge in [0.15, 0.2) is 0 Å². The summed E-state index contributed by atoms with van der Waals surface area (Å²) in [4.78, 5) is 31.7. The fraction of sp³-hybridized carbons (Fsp3) is 0.571. The molecule has 1 atom stereocenters. The van der Waals surface area contributed by atoms with E-state index in [9.17, 15) is 23.2 Å². The number of hydrogen-bond acceptors (Lipinski definition) is 4. The summed E-state index contributed by atoms with van der Waals surface area (Å²) in [5, 5.41) is 9.87. The first-order chi connectivity index (χ1) is 6.84. The summed E-state index contributed by atoms with van der Waals surface area (Å²) in [6.07, 6.45) is -3.73. The average molecular weight is 224 g/mol. The molecule has 0 bridgehead atoms. The molecule has 0 saturated heterocycles. The number of halogens is 2. The molecular weight excluding hydrogens is 214 g/mol. The average Bonchev–Trinajstić information content (AvgIpc) is 2.11. The number of carboxylic acid groups (broad SMARTS) is 1. The molecule has 86 valence electrons. The zero-order chi connectivity index (χ0) is 12.0. The molecule has 0 unspecified atom stereocenters. The molecule has 8 heteroatoms. The number of carbonyl (C=O) groups excluding carboxylic acids is 2. The zero-order valence-electron chi connectivity index (χ0n) is 7.57. The highest BCUT2D eigenvalue weighted by molar-refractivity contribution is 6.38. The van der Waals surface area contributed by atoms with E-state index in [4.69, 9.17) is 10.8 Å². The van der Waals surface area contributed by atoms with Crippen LogP contribution < -0.4 is 11.1 Å². The lowest BCUT2D eigenvalue weighted by Gasteiger charge is -2.08. The van der Waals surface area contributed by atoms with Crippen molar-refractivity contribution in [1.29, 1.82) is 0 Å². The van der Waals surface area contributed by atoms with Crippen LogP contribution in [-0.2, 0) is 14.4 Å². The number of alkyl halides is 2. The smallest absolute Gasteiger partial charge is 0.322 e. The van der Waals surface area contributed by atoms with E-state index >= 15 is 0 Å². The van der Waals surface area contributed by atoms with Crippen LogP contribution in [0.4, 0.5) is 8.78 Å². The molecule has 0 heterocycles. The minimum absolute atomic E-state index is 0.758. The number of aliphatic carboxylic acids is 1. The van der Waals surface area contributed by atoms with Crippen LogP contribution >= 0.6 is 0 Å². The number of carbonyl (C=O) groups is 3. The van der Waals surface area contributed by atoms with Crippen LogP contribution in [-0.4, -0.2) is 41.8 Å². The zero-order valence-corrected chi connectivity index (χ0v) is 7.57. The van der Waals surface area contributed by atoms with E-state index in [-0.39, 0.29) is 0 Å². The van der Waals surface area contributed by atoms with Gasteiger partial charge in [-0.15, -0.1) is 0 Å². The van der Waals surface area contributed by atoms with Crippen molar-refractivity contribution in [1.82, 2.24) is 5.32 Å². The molecule has 0 aliphatic carbocycles. The highest BCUT2D eigenvalue weighted by Crippen LogP contribution is 2.02. The molecule has 0 aromatic rings. The molecule has 0 fully saturated rings. The van der Waals surface area contributed by atoms with Crippen molar-refractivity contribution in [3.63, 3.8) is 0 Å². The van der Waals surface area contributed by atoms with E-state index in [2.05, 4.69) is 0 Å². The van der Waals surface area contributed by atoms with Crippen LogP contribution in [0.1, 0.15) is 6.42 Å². The van der Waals surface area contributed by atoms with Crippen LogP contribution in [0.3, 0.4) is 0 Å². The fourth-order valence-corrected chi connectivity index (χ4v) is 0.710. The molecule has 0 saturated carbocycles. The van der Waals surface area contributed by atoms with E-state index in [0.717, 1.165) is 0 Å². The van der Waals surface area contributed by atoms with Crippen LogP contribution in [0.2, 0.25) is 0 Å². The Labute approximate surface area is 83.4 Å². The Balaban J connectivity index is 4.08. The van der Waals surface area contributed by atoms with Crippen LogP contribution in [0.5, 0.6) is 0 Å². The summed E-state index contributed by atoms with van der Waals surface area (Å²) < 4.78 is 23.5. The minimum atomic E-state index is -2.80. The monoisotopic (exact) mass is 224 g/mol. The van der Waals surface area contributed by atoms with Gasteiger partial charge in [0, 0.05) is 6.42 Å². The van der Waals surface area contributed by atoms with Crippen molar-refractivity contribution in [2.75, 3.05) is 6.54 Å². The number of hydrogen-bond donors (Lipinski definition) is 3. The predicted molar refractivity (Wildman–Crippen MR) is 44.2 cm³/mol. The standard InChI is InChI=1S/C7H10F2N2O4/c8-4(9)1-3(10)6(14)7(15)11-2-5(12)13/h3-4H,1-2,10H2,(H,11,15)(H,12,13)/t3-/m0/s1. The first-order valence-electron chi connectivity index (χ1n) is 3.92.